The molecule has 0 aliphatic carbocycles. The lowest BCUT2D eigenvalue weighted by atomic mass is 9.85. The molecule has 234 valence electrons. The highest BCUT2D eigenvalue weighted by atomic mass is 32.1. The molecule has 5 aromatic carbocycles. The van der Waals surface area contributed by atoms with E-state index in [0.717, 1.165) is 49.1 Å². The quantitative estimate of drug-likeness (QED) is 0.180. The number of hydrogen-bond acceptors (Lipinski definition) is 3. The molecule has 8 aromatic rings. The Morgan fingerprint density at radius 1 is 0.625 bits per heavy atom. The van der Waals surface area contributed by atoms with Crippen molar-refractivity contribution in [2.45, 2.75) is 52.4 Å². The second-order valence-corrected chi connectivity index (χ2v) is 15.7. The summed E-state index contributed by atoms with van der Waals surface area (Å²) in [6.45, 7) is 21.9. The van der Waals surface area contributed by atoms with Gasteiger partial charge in [-0.15, -0.1) is 11.3 Å². The SMILES string of the molecule is [C-]#[N+]c1cc(-c2nc(-c3ccccc3)nc3c2sc2ccccc23)ccc1-n1c2ccc(C(C)(C)C)cc2c2cc(C(C)(C)C)ccc21. The van der Waals surface area contributed by atoms with Crippen molar-refractivity contribution in [1.82, 2.24) is 14.5 Å². The van der Waals surface area contributed by atoms with Gasteiger partial charge in [0, 0.05) is 26.4 Å². The molecule has 8 rings (SSSR count). The average molecular weight is 641 g/mol. The molecule has 5 heteroatoms. The van der Waals surface area contributed by atoms with Crippen molar-refractivity contribution in [2.24, 2.45) is 0 Å². The fraction of sp³-hybridized carbons (Fsp3) is 0.186. The van der Waals surface area contributed by atoms with Crippen molar-refractivity contribution in [3.05, 3.63) is 132 Å². The second-order valence-electron chi connectivity index (χ2n) is 14.7. The van der Waals surface area contributed by atoms with Gasteiger partial charge in [-0.05, 0) is 70.0 Å². The predicted octanol–water partition coefficient (Wildman–Crippen LogP) is 12.4. The van der Waals surface area contributed by atoms with Gasteiger partial charge in [-0.2, -0.15) is 0 Å². The van der Waals surface area contributed by atoms with Crippen molar-refractivity contribution in [2.75, 3.05) is 0 Å². The van der Waals surface area contributed by atoms with Crippen molar-refractivity contribution in [1.29, 1.82) is 0 Å². The Bertz CT molecular complexity index is 2510. The summed E-state index contributed by atoms with van der Waals surface area (Å²) >= 11 is 1.70. The highest BCUT2D eigenvalue weighted by molar-refractivity contribution is 7.26. The van der Waals surface area contributed by atoms with E-state index in [4.69, 9.17) is 16.5 Å². The van der Waals surface area contributed by atoms with Crippen LogP contribution in [0.2, 0.25) is 0 Å². The van der Waals surface area contributed by atoms with Gasteiger partial charge < -0.3 is 4.57 Å². The lowest BCUT2D eigenvalue weighted by Gasteiger charge is -2.19. The molecule has 4 nitrogen and oxygen atoms in total. The van der Waals surface area contributed by atoms with Crippen LogP contribution in [0.4, 0.5) is 5.69 Å². The van der Waals surface area contributed by atoms with Crippen LogP contribution in [0.3, 0.4) is 0 Å². The Balaban J connectivity index is 1.38. The minimum atomic E-state index is 0.0155. The van der Waals surface area contributed by atoms with Gasteiger partial charge in [0.25, 0.3) is 0 Å². The lowest BCUT2D eigenvalue weighted by molar-refractivity contribution is 0.590. The summed E-state index contributed by atoms with van der Waals surface area (Å²) in [6.07, 6.45) is 0. The summed E-state index contributed by atoms with van der Waals surface area (Å²) in [4.78, 5) is 14.4. The van der Waals surface area contributed by atoms with E-state index in [2.05, 4.69) is 124 Å². The smallest absolute Gasteiger partial charge is 0.211 e. The summed E-state index contributed by atoms with van der Waals surface area (Å²) < 4.78 is 4.47. The maximum absolute atomic E-state index is 8.40. The van der Waals surface area contributed by atoms with Gasteiger partial charge in [-0.3, -0.25) is 0 Å². The summed E-state index contributed by atoms with van der Waals surface area (Å²) in [6, 6.07) is 38.4. The third kappa shape index (κ3) is 4.87. The van der Waals surface area contributed by atoms with E-state index in [-0.39, 0.29) is 10.8 Å². The van der Waals surface area contributed by atoms with E-state index >= 15 is 0 Å². The zero-order valence-electron chi connectivity index (χ0n) is 28.1. The fourth-order valence-corrected chi connectivity index (χ4v) is 7.82. The van der Waals surface area contributed by atoms with Gasteiger partial charge in [-0.25, -0.2) is 14.8 Å². The van der Waals surface area contributed by atoms with Crippen LogP contribution in [0.15, 0.2) is 109 Å². The molecule has 0 saturated carbocycles. The van der Waals surface area contributed by atoms with Crippen molar-refractivity contribution >= 4 is 59.1 Å². The Labute approximate surface area is 285 Å². The Kier molecular flexibility index (Phi) is 6.80. The van der Waals surface area contributed by atoms with E-state index < -0.39 is 0 Å². The molecule has 48 heavy (non-hydrogen) atoms. The van der Waals surface area contributed by atoms with Gasteiger partial charge >= 0.3 is 0 Å². The summed E-state index contributed by atoms with van der Waals surface area (Å²) in [5, 5.41) is 3.53. The first kappa shape index (κ1) is 30.1. The zero-order valence-corrected chi connectivity index (χ0v) is 28.9. The number of fused-ring (bicyclic) bond motifs is 6. The van der Waals surface area contributed by atoms with E-state index in [1.54, 1.807) is 11.3 Å². The van der Waals surface area contributed by atoms with Gasteiger partial charge in [-0.1, -0.05) is 108 Å². The third-order valence-electron chi connectivity index (χ3n) is 9.36. The Hall–Kier alpha value is -5.31. The highest BCUT2D eigenvalue weighted by Gasteiger charge is 2.23. The normalized spacial score (nSPS) is 12.4. The Morgan fingerprint density at radius 2 is 1.25 bits per heavy atom. The number of benzene rings is 5. The molecule has 0 fully saturated rings. The number of hydrogen-bond donors (Lipinski definition) is 0. The standard InChI is InChI=1S/C43H36N4S/c1-42(2,3)28-18-21-34-31(24-28)32-25-29(43(4,5)6)19-22-35(32)47(34)36-20-17-27(23-33(36)44-7)38-40-39(30-15-11-12-16-37(30)48-40)46-41(45-38)26-13-9-8-10-14-26/h8-25H,1-6H3. The molecule has 0 aliphatic rings. The molecule has 0 bridgehead atoms. The first-order valence-electron chi connectivity index (χ1n) is 16.4. The second kappa shape index (κ2) is 10.9. The Morgan fingerprint density at radius 3 is 1.88 bits per heavy atom. The molecule has 3 heterocycles. The molecule has 0 spiro atoms. The first-order valence-corrected chi connectivity index (χ1v) is 17.2. The molecule has 0 radical (unpaired) electrons. The van der Waals surface area contributed by atoms with Crippen molar-refractivity contribution < 1.29 is 0 Å². The van der Waals surface area contributed by atoms with Crippen LogP contribution in [0.5, 0.6) is 0 Å². The van der Waals surface area contributed by atoms with E-state index in [9.17, 15) is 0 Å². The predicted molar refractivity (Wildman–Crippen MR) is 204 cm³/mol. The van der Waals surface area contributed by atoms with Crippen molar-refractivity contribution in [3.63, 3.8) is 0 Å². The topological polar surface area (TPSA) is 35.1 Å². The summed E-state index contributed by atoms with van der Waals surface area (Å²) in [5.41, 5.74) is 9.93. The van der Waals surface area contributed by atoms with Crippen LogP contribution in [-0.4, -0.2) is 14.5 Å². The zero-order chi connectivity index (χ0) is 33.4. The fourth-order valence-electron chi connectivity index (χ4n) is 6.67. The minimum absolute atomic E-state index is 0.0155. The van der Waals surface area contributed by atoms with Crippen molar-refractivity contribution in [3.8, 4) is 28.3 Å². The van der Waals surface area contributed by atoms with Crippen LogP contribution in [0.1, 0.15) is 52.7 Å². The molecule has 0 N–H and O–H groups in total. The van der Waals surface area contributed by atoms with Crippen LogP contribution in [0.25, 0.3) is 75.3 Å². The molecular weight excluding hydrogens is 605 g/mol. The molecular formula is C43H36N4S. The minimum Gasteiger partial charge on any atom is -0.319 e. The molecule has 0 amide bonds. The molecule has 0 atom stereocenters. The van der Waals surface area contributed by atoms with Gasteiger partial charge in [0.05, 0.1) is 39.2 Å². The highest BCUT2D eigenvalue weighted by Crippen LogP contribution is 2.43. The van der Waals surface area contributed by atoms with Gasteiger partial charge in [0.1, 0.15) is 0 Å². The van der Waals surface area contributed by atoms with Crippen LogP contribution in [-0.2, 0) is 10.8 Å². The van der Waals surface area contributed by atoms with E-state index in [0.29, 0.717) is 11.5 Å². The molecule has 0 unspecified atom stereocenters. The van der Waals surface area contributed by atoms with E-state index in [1.165, 1.54) is 26.6 Å². The van der Waals surface area contributed by atoms with E-state index in [1.807, 2.05) is 36.4 Å². The number of thiophene rings is 1. The number of rotatable bonds is 3. The first-order chi connectivity index (χ1) is 23.0. The van der Waals surface area contributed by atoms with Crippen LogP contribution >= 0.6 is 11.3 Å². The molecule has 3 aromatic heterocycles. The number of nitrogens with zero attached hydrogens (tertiary/aromatic N) is 4. The summed E-state index contributed by atoms with van der Waals surface area (Å²) in [7, 11) is 0. The summed E-state index contributed by atoms with van der Waals surface area (Å²) in [5.74, 6) is 0.682. The molecule has 0 saturated heterocycles. The molecule has 0 aliphatic heterocycles. The lowest BCUT2D eigenvalue weighted by Crippen LogP contribution is -2.10. The number of aromatic nitrogens is 3. The monoisotopic (exact) mass is 640 g/mol. The largest absolute Gasteiger partial charge is 0.319 e. The van der Waals surface area contributed by atoms with Gasteiger partial charge in [0.15, 0.2) is 5.82 Å². The maximum Gasteiger partial charge on any atom is 0.211 e. The van der Waals surface area contributed by atoms with Crippen LogP contribution < -0.4 is 0 Å². The van der Waals surface area contributed by atoms with Crippen LogP contribution in [0, 0.1) is 6.57 Å². The average Bonchev–Trinajstić information content (AvgIpc) is 3.62. The maximum atomic E-state index is 8.40. The van der Waals surface area contributed by atoms with Gasteiger partial charge in [0.2, 0.25) is 5.69 Å². The third-order valence-corrected chi connectivity index (χ3v) is 10.5.